The van der Waals surface area contributed by atoms with Crippen molar-refractivity contribution < 1.29 is 28.5 Å². The smallest absolute Gasteiger partial charge is 0.332 e. The molecular formula is C27H30FN3O5. The monoisotopic (exact) mass is 495 g/mol. The van der Waals surface area contributed by atoms with E-state index in [1.807, 2.05) is 0 Å². The Morgan fingerprint density at radius 3 is 2.75 bits per heavy atom. The highest BCUT2D eigenvalue weighted by Gasteiger charge is 2.37. The third kappa shape index (κ3) is 4.02. The maximum absolute atomic E-state index is 14.4. The van der Waals surface area contributed by atoms with Crippen LogP contribution in [0.2, 0.25) is 0 Å². The van der Waals surface area contributed by atoms with Gasteiger partial charge >= 0.3 is 5.97 Å². The number of aromatic nitrogens is 3. The second-order valence-corrected chi connectivity index (χ2v) is 9.99. The van der Waals surface area contributed by atoms with Crippen molar-refractivity contribution in [2.45, 2.75) is 44.1 Å². The lowest BCUT2D eigenvalue weighted by Gasteiger charge is -2.32. The molecule has 9 heteroatoms. The predicted octanol–water partition coefficient (Wildman–Crippen LogP) is 4.93. The van der Waals surface area contributed by atoms with Gasteiger partial charge in [-0.2, -0.15) is 5.10 Å². The number of carboxylic acid groups (broad SMARTS) is 1. The molecule has 0 spiro atoms. The van der Waals surface area contributed by atoms with Gasteiger partial charge in [0, 0.05) is 46.7 Å². The van der Waals surface area contributed by atoms with E-state index in [9.17, 15) is 14.3 Å². The summed E-state index contributed by atoms with van der Waals surface area (Å²) in [4.78, 5) is 11.5. The number of hydrogen-bond acceptors (Lipinski definition) is 5. The van der Waals surface area contributed by atoms with Gasteiger partial charge < -0.3 is 23.9 Å². The van der Waals surface area contributed by atoms with Crippen LogP contribution in [-0.2, 0) is 19.7 Å². The van der Waals surface area contributed by atoms with E-state index in [-0.39, 0.29) is 11.7 Å². The van der Waals surface area contributed by atoms with E-state index in [2.05, 4.69) is 40.7 Å². The number of nitrogens with one attached hydrogen (secondary N) is 1. The first-order chi connectivity index (χ1) is 17.2. The van der Waals surface area contributed by atoms with Crippen LogP contribution in [0, 0.1) is 5.82 Å². The van der Waals surface area contributed by atoms with Crippen LogP contribution >= 0.6 is 0 Å². The summed E-state index contributed by atoms with van der Waals surface area (Å²) in [5, 5.41) is 18.7. The molecule has 4 aromatic rings. The first-order valence-corrected chi connectivity index (χ1v) is 11.9. The van der Waals surface area contributed by atoms with E-state index < -0.39 is 23.3 Å². The summed E-state index contributed by atoms with van der Waals surface area (Å²) in [7, 11) is 3.12. The summed E-state index contributed by atoms with van der Waals surface area (Å²) >= 11 is 0. The number of nitrogens with zero attached hydrogens (tertiary/aromatic N) is 2. The molecule has 2 aromatic heterocycles. The highest BCUT2D eigenvalue weighted by molar-refractivity contribution is 5.99. The van der Waals surface area contributed by atoms with Gasteiger partial charge in [-0.15, -0.1) is 0 Å². The van der Waals surface area contributed by atoms with Crippen molar-refractivity contribution in [3.8, 4) is 11.4 Å². The highest BCUT2D eigenvalue weighted by Crippen LogP contribution is 2.45. The lowest BCUT2D eigenvalue weighted by Crippen LogP contribution is -2.33. The average Bonchev–Trinajstić information content (AvgIpc) is 3.45. The molecule has 1 saturated heterocycles. The van der Waals surface area contributed by atoms with Crippen LogP contribution in [0.25, 0.3) is 27.5 Å². The SMILES string of the molecule is COCC(C)(C)c1c([C@@H]2CCC(C(=O)O)OC2)c2cc3[nH]ncc3cc2n1-c1ccc(F)c(OC)c1. The average molecular weight is 496 g/mol. The molecule has 3 heterocycles. The van der Waals surface area contributed by atoms with Gasteiger partial charge in [-0.05, 0) is 42.7 Å². The zero-order valence-electron chi connectivity index (χ0n) is 20.8. The molecule has 2 aromatic carbocycles. The number of aromatic amines is 1. The molecule has 5 rings (SSSR count). The number of ether oxygens (including phenoxy) is 3. The number of benzene rings is 2. The maximum atomic E-state index is 14.4. The predicted molar refractivity (Wildman–Crippen MR) is 134 cm³/mol. The van der Waals surface area contributed by atoms with Gasteiger partial charge in [0.15, 0.2) is 17.7 Å². The topological polar surface area (TPSA) is 98.6 Å². The molecule has 1 aliphatic heterocycles. The summed E-state index contributed by atoms with van der Waals surface area (Å²) in [6.45, 7) is 4.96. The molecule has 190 valence electrons. The molecule has 0 amide bonds. The molecule has 0 radical (unpaired) electrons. The number of halogens is 1. The van der Waals surface area contributed by atoms with Crippen LogP contribution in [0.15, 0.2) is 36.5 Å². The normalized spacial score (nSPS) is 18.7. The Morgan fingerprint density at radius 2 is 2.08 bits per heavy atom. The van der Waals surface area contributed by atoms with Crippen molar-refractivity contribution in [2.75, 3.05) is 27.4 Å². The van der Waals surface area contributed by atoms with Crippen LogP contribution < -0.4 is 4.74 Å². The molecule has 8 nitrogen and oxygen atoms in total. The molecule has 1 aliphatic rings. The minimum Gasteiger partial charge on any atom is -0.494 e. The second kappa shape index (κ2) is 9.22. The van der Waals surface area contributed by atoms with E-state index in [0.29, 0.717) is 26.1 Å². The minimum absolute atomic E-state index is 0.0294. The van der Waals surface area contributed by atoms with Crippen LogP contribution in [0.5, 0.6) is 5.75 Å². The Bertz CT molecular complexity index is 1430. The Balaban J connectivity index is 1.83. The molecule has 1 unspecified atom stereocenters. The van der Waals surface area contributed by atoms with Gasteiger partial charge in [0.2, 0.25) is 0 Å². The fourth-order valence-electron chi connectivity index (χ4n) is 5.49. The molecule has 2 atom stereocenters. The summed E-state index contributed by atoms with van der Waals surface area (Å²) < 4.78 is 33.3. The number of aliphatic carboxylic acids is 1. The lowest BCUT2D eigenvalue weighted by atomic mass is 9.80. The number of fused-ring (bicyclic) bond motifs is 2. The first kappa shape index (κ1) is 24.3. The van der Waals surface area contributed by atoms with Gasteiger partial charge in [0.25, 0.3) is 0 Å². The van der Waals surface area contributed by atoms with E-state index in [1.54, 1.807) is 25.4 Å². The van der Waals surface area contributed by atoms with Gasteiger partial charge in [-0.1, -0.05) is 13.8 Å². The molecule has 1 fully saturated rings. The zero-order chi connectivity index (χ0) is 25.6. The molecule has 36 heavy (non-hydrogen) atoms. The number of H-pyrrole nitrogens is 1. The van der Waals surface area contributed by atoms with Crippen molar-refractivity contribution in [3.05, 3.63) is 53.6 Å². The first-order valence-electron chi connectivity index (χ1n) is 11.9. The van der Waals surface area contributed by atoms with Crippen LogP contribution in [0.3, 0.4) is 0 Å². The molecule has 2 N–H and O–H groups in total. The summed E-state index contributed by atoms with van der Waals surface area (Å²) in [6.07, 6.45) is 2.07. The van der Waals surface area contributed by atoms with Crippen molar-refractivity contribution in [1.29, 1.82) is 0 Å². The van der Waals surface area contributed by atoms with E-state index in [0.717, 1.165) is 38.8 Å². The number of carbonyl (C=O) groups is 1. The highest BCUT2D eigenvalue weighted by atomic mass is 19.1. The van der Waals surface area contributed by atoms with Gasteiger partial charge in [0.05, 0.1) is 37.6 Å². The summed E-state index contributed by atoms with van der Waals surface area (Å²) in [5.41, 5.74) is 4.24. The Hall–Kier alpha value is -3.43. The fourth-order valence-corrected chi connectivity index (χ4v) is 5.49. The number of rotatable bonds is 7. The van der Waals surface area contributed by atoms with Crippen molar-refractivity contribution in [1.82, 2.24) is 14.8 Å². The van der Waals surface area contributed by atoms with Crippen molar-refractivity contribution >= 4 is 27.8 Å². The van der Waals surface area contributed by atoms with E-state index >= 15 is 0 Å². The second-order valence-electron chi connectivity index (χ2n) is 9.99. The lowest BCUT2D eigenvalue weighted by molar-refractivity contribution is -0.153. The van der Waals surface area contributed by atoms with Gasteiger partial charge in [-0.3, -0.25) is 5.10 Å². The molecule has 0 bridgehead atoms. The number of methoxy groups -OCH3 is 2. The van der Waals surface area contributed by atoms with Crippen molar-refractivity contribution in [2.24, 2.45) is 0 Å². The van der Waals surface area contributed by atoms with E-state index in [4.69, 9.17) is 14.2 Å². The minimum atomic E-state index is -0.937. The number of carboxylic acids is 1. The van der Waals surface area contributed by atoms with Crippen LogP contribution in [-0.4, -0.2) is 59.4 Å². The largest absolute Gasteiger partial charge is 0.494 e. The molecule has 0 saturated carbocycles. The third-order valence-corrected chi connectivity index (χ3v) is 7.07. The Labute approximate surface area is 208 Å². The fraction of sp³-hybridized carbons (Fsp3) is 0.407. The quantitative estimate of drug-likeness (QED) is 0.377. The third-order valence-electron chi connectivity index (χ3n) is 7.07. The van der Waals surface area contributed by atoms with E-state index in [1.165, 1.54) is 13.2 Å². The Morgan fingerprint density at radius 1 is 1.28 bits per heavy atom. The van der Waals surface area contributed by atoms with Crippen LogP contribution in [0.1, 0.15) is 43.9 Å². The standard InChI is InChI=1S/C27H30FN3O5/c1-27(2,14-34-3)25-24(15-5-8-22(26(32)33)36-13-15)18-11-20-16(12-29-30-20)9-21(18)31(25)17-6-7-19(28)23(10-17)35-4/h6-7,9-12,15,22H,5,8,13-14H2,1-4H3,(H,29,30)(H,32,33)/t15-,22?/m1/s1. The van der Waals surface area contributed by atoms with Gasteiger partial charge in [0.1, 0.15) is 0 Å². The molecular weight excluding hydrogens is 465 g/mol. The maximum Gasteiger partial charge on any atom is 0.332 e. The zero-order valence-corrected chi connectivity index (χ0v) is 20.8. The summed E-state index contributed by atoms with van der Waals surface area (Å²) in [6, 6.07) is 9.00. The van der Waals surface area contributed by atoms with Gasteiger partial charge in [-0.25, -0.2) is 9.18 Å². The Kier molecular flexibility index (Phi) is 6.22. The summed E-state index contributed by atoms with van der Waals surface area (Å²) in [5.74, 6) is -1.25. The molecule has 0 aliphatic carbocycles. The number of hydrogen-bond donors (Lipinski definition) is 2. The van der Waals surface area contributed by atoms with Crippen molar-refractivity contribution in [3.63, 3.8) is 0 Å². The van der Waals surface area contributed by atoms with Crippen LogP contribution in [0.4, 0.5) is 4.39 Å².